The monoisotopic (exact) mass is 409 g/mol. The number of likely N-dealkylation sites (tertiary alicyclic amines) is 1. The van der Waals surface area contributed by atoms with E-state index in [2.05, 4.69) is 19.4 Å². The minimum Gasteiger partial charge on any atom is -0.383 e. The van der Waals surface area contributed by atoms with E-state index in [0.717, 1.165) is 38.1 Å². The second-order valence-electron chi connectivity index (χ2n) is 8.27. The van der Waals surface area contributed by atoms with Gasteiger partial charge in [-0.25, -0.2) is 9.97 Å². The molecule has 6 nitrogen and oxygen atoms in total. The molecule has 2 aliphatic rings. The molecular weight excluding hydrogens is 383 g/mol. The van der Waals surface area contributed by atoms with Crippen molar-refractivity contribution in [3.63, 3.8) is 0 Å². The number of pyridine rings is 1. The molecule has 2 aromatic heterocycles. The minimum absolute atomic E-state index is 0.165. The number of nitrogen functional groups attached to an aromatic ring is 1. The number of nitrogens with two attached hydrogens (primary N) is 1. The maximum atomic E-state index is 13.2. The number of fused-ring (bicyclic) bond motifs is 1. The van der Waals surface area contributed by atoms with Gasteiger partial charge in [0.2, 0.25) is 0 Å². The summed E-state index contributed by atoms with van der Waals surface area (Å²) in [4.78, 5) is 10.8. The molecule has 2 N–H and O–H groups in total. The molecule has 2 fully saturated rings. The molecule has 0 spiro atoms. The lowest BCUT2D eigenvalue weighted by atomic mass is 10.1. The first-order chi connectivity index (χ1) is 13.7. The van der Waals surface area contributed by atoms with Gasteiger partial charge in [0.05, 0.1) is 17.9 Å². The van der Waals surface area contributed by atoms with E-state index >= 15 is 0 Å². The van der Waals surface area contributed by atoms with E-state index < -0.39 is 17.6 Å². The number of ether oxygens (including phenoxy) is 1. The lowest BCUT2D eigenvalue weighted by Crippen LogP contribution is -2.28. The highest BCUT2D eigenvalue weighted by molar-refractivity contribution is 5.62. The largest absolute Gasteiger partial charge is 0.419 e. The third kappa shape index (κ3) is 3.73. The van der Waals surface area contributed by atoms with E-state index in [9.17, 15) is 13.2 Å². The summed E-state index contributed by atoms with van der Waals surface area (Å²) in [6.45, 7) is 7.79. The second-order valence-corrected chi connectivity index (χ2v) is 8.27. The third-order valence-corrected chi connectivity index (χ3v) is 5.95. The van der Waals surface area contributed by atoms with Gasteiger partial charge in [-0.1, -0.05) is 13.8 Å². The SMILES string of the molecule is COCCN1CC2C(C1)C2n1cc(-c2cnc(N)c(C(F)(F)F)c2)nc1C(C)C. The molecule has 1 saturated heterocycles. The number of anilines is 1. The van der Waals surface area contributed by atoms with Crippen molar-refractivity contribution >= 4 is 5.82 Å². The Morgan fingerprint density at radius 1 is 1.28 bits per heavy atom. The number of piperidine rings is 1. The van der Waals surface area contributed by atoms with Gasteiger partial charge in [-0.15, -0.1) is 0 Å². The highest BCUT2D eigenvalue weighted by atomic mass is 19.4. The average Bonchev–Trinajstić information content (AvgIpc) is 3.00. The van der Waals surface area contributed by atoms with Gasteiger partial charge in [0.25, 0.3) is 0 Å². The fraction of sp³-hybridized carbons (Fsp3) is 0.600. The van der Waals surface area contributed by atoms with E-state index in [1.807, 2.05) is 20.0 Å². The van der Waals surface area contributed by atoms with Gasteiger partial charge in [-0.05, 0) is 17.9 Å². The number of rotatable bonds is 6. The minimum atomic E-state index is -4.55. The maximum Gasteiger partial charge on any atom is 0.419 e. The van der Waals surface area contributed by atoms with Crippen LogP contribution in [0.25, 0.3) is 11.3 Å². The number of methoxy groups -OCH3 is 1. The van der Waals surface area contributed by atoms with Gasteiger partial charge in [0, 0.05) is 56.7 Å². The van der Waals surface area contributed by atoms with Crippen LogP contribution >= 0.6 is 0 Å². The molecule has 0 amide bonds. The zero-order chi connectivity index (χ0) is 20.9. The van der Waals surface area contributed by atoms with Crippen LogP contribution in [0.4, 0.5) is 19.0 Å². The first kappa shape index (κ1) is 20.2. The highest BCUT2D eigenvalue weighted by Crippen LogP contribution is 2.56. The number of aromatic nitrogens is 3. The summed E-state index contributed by atoms with van der Waals surface area (Å²) in [7, 11) is 1.71. The Morgan fingerprint density at radius 3 is 2.55 bits per heavy atom. The molecule has 2 atom stereocenters. The Hall–Kier alpha value is -2.13. The Labute approximate surface area is 167 Å². The molecule has 29 heavy (non-hydrogen) atoms. The molecule has 1 aliphatic heterocycles. The van der Waals surface area contributed by atoms with Gasteiger partial charge < -0.3 is 19.9 Å². The third-order valence-electron chi connectivity index (χ3n) is 5.95. The van der Waals surface area contributed by atoms with E-state index in [4.69, 9.17) is 10.5 Å². The van der Waals surface area contributed by atoms with Crippen molar-refractivity contribution in [2.45, 2.75) is 32.0 Å². The van der Waals surface area contributed by atoms with Gasteiger partial charge >= 0.3 is 6.18 Å². The summed E-state index contributed by atoms with van der Waals surface area (Å²) >= 11 is 0. The van der Waals surface area contributed by atoms with Gasteiger partial charge in [-0.3, -0.25) is 0 Å². The highest BCUT2D eigenvalue weighted by Gasteiger charge is 2.57. The Kier molecular flexibility index (Phi) is 5.06. The van der Waals surface area contributed by atoms with E-state index in [-0.39, 0.29) is 5.92 Å². The number of alkyl halides is 3. The van der Waals surface area contributed by atoms with Crippen molar-refractivity contribution < 1.29 is 17.9 Å². The summed E-state index contributed by atoms with van der Waals surface area (Å²) in [5, 5.41) is 0. The van der Waals surface area contributed by atoms with Crippen molar-refractivity contribution in [2.75, 3.05) is 39.1 Å². The van der Waals surface area contributed by atoms with Crippen LogP contribution in [0.3, 0.4) is 0 Å². The molecule has 3 heterocycles. The molecule has 4 rings (SSSR count). The topological polar surface area (TPSA) is 69.2 Å². The molecule has 9 heteroatoms. The van der Waals surface area contributed by atoms with E-state index in [0.29, 0.717) is 29.1 Å². The predicted molar refractivity (Wildman–Crippen MR) is 103 cm³/mol. The number of imidazole rings is 1. The fourth-order valence-electron chi connectivity index (χ4n) is 4.45. The van der Waals surface area contributed by atoms with Crippen LogP contribution in [0, 0.1) is 11.8 Å². The number of halogens is 3. The van der Waals surface area contributed by atoms with Crippen molar-refractivity contribution in [3.05, 3.63) is 29.8 Å². The molecule has 0 bridgehead atoms. The first-order valence-electron chi connectivity index (χ1n) is 9.83. The summed E-state index contributed by atoms with van der Waals surface area (Å²) in [6.07, 6.45) is -1.30. The predicted octanol–water partition coefficient (Wildman–Crippen LogP) is 3.42. The summed E-state index contributed by atoms with van der Waals surface area (Å²) < 4.78 is 47.0. The Balaban J connectivity index is 1.60. The Morgan fingerprint density at radius 2 is 1.97 bits per heavy atom. The first-order valence-corrected chi connectivity index (χ1v) is 9.83. The van der Waals surface area contributed by atoms with Crippen LogP contribution in [0.1, 0.15) is 37.2 Å². The molecule has 1 aliphatic carbocycles. The zero-order valence-corrected chi connectivity index (χ0v) is 16.8. The van der Waals surface area contributed by atoms with E-state index in [1.54, 1.807) is 7.11 Å². The summed E-state index contributed by atoms with van der Waals surface area (Å²) in [6, 6.07) is 1.40. The normalized spacial score (nSPS) is 24.3. The average molecular weight is 409 g/mol. The zero-order valence-electron chi connectivity index (χ0n) is 16.8. The lowest BCUT2D eigenvalue weighted by Gasteiger charge is -2.20. The summed E-state index contributed by atoms with van der Waals surface area (Å²) in [5.41, 5.74) is 5.35. The summed E-state index contributed by atoms with van der Waals surface area (Å²) in [5.74, 6) is 1.66. The number of hydrogen-bond donors (Lipinski definition) is 1. The van der Waals surface area contributed by atoms with E-state index in [1.165, 1.54) is 6.20 Å². The maximum absolute atomic E-state index is 13.2. The van der Waals surface area contributed by atoms with Crippen LogP contribution < -0.4 is 5.73 Å². The van der Waals surface area contributed by atoms with Crippen molar-refractivity contribution in [2.24, 2.45) is 11.8 Å². The van der Waals surface area contributed by atoms with Crippen molar-refractivity contribution in [1.82, 2.24) is 19.4 Å². The lowest BCUT2D eigenvalue weighted by molar-refractivity contribution is -0.137. The molecule has 0 aromatic carbocycles. The van der Waals surface area contributed by atoms with Crippen LogP contribution in [0.2, 0.25) is 0 Å². The van der Waals surface area contributed by atoms with Gasteiger partial charge in [0.1, 0.15) is 11.6 Å². The molecule has 0 radical (unpaired) electrons. The molecule has 1 saturated carbocycles. The van der Waals surface area contributed by atoms with Gasteiger partial charge in [-0.2, -0.15) is 13.2 Å². The number of hydrogen-bond acceptors (Lipinski definition) is 5. The molecular formula is C20H26F3N5O. The molecule has 158 valence electrons. The number of nitrogens with zero attached hydrogens (tertiary/aromatic N) is 4. The van der Waals surface area contributed by atoms with Crippen LogP contribution in [-0.2, 0) is 10.9 Å². The fourth-order valence-corrected chi connectivity index (χ4v) is 4.45. The van der Waals surface area contributed by atoms with Crippen molar-refractivity contribution in [1.29, 1.82) is 0 Å². The van der Waals surface area contributed by atoms with Gasteiger partial charge in [0.15, 0.2) is 0 Å². The molecule has 2 aromatic rings. The Bertz CT molecular complexity index is 883. The second kappa shape index (κ2) is 7.28. The quantitative estimate of drug-likeness (QED) is 0.792. The van der Waals surface area contributed by atoms with Crippen LogP contribution in [0.5, 0.6) is 0 Å². The molecule has 2 unspecified atom stereocenters. The smallest absolute Gasteiger partial charge is 0.383 e. The van der Waals surface area contributed by atoms with Crippen molar-refractivity contribution in [3.8, 4) is 11.3 Å². The van der Waals surface area contributed by atoms with Crippen LogP contribution in [0.15, 0.2) is 18.5 Å². The standard InChI is InChI=1S/C20H26F3N5O/c1-11(2)19-26-16(12-6-15(20(21,22)23)18(24)25-7-12)10-28(19)17-13-8-27(4-5-29-3)9-14(13)17/h6-7,10-11,13-14,17H,4-5,8-9H2,1-3H3,(H2,24,25). The van der Waals surface area contributed by atoms with Crippen LogP contribution in [-0.4, -0.2) is 52.8 Å².